The van der Waals surface area contributed by atoms with Crippen molar-refractivity contribution in [3.63, 3.8) is 0 Å². The Morgan fingerprint density at radius 3 is 3.18 bits per heavy atom. The monoisotopic (exact) mass is 301 g/mol. The number of rotatable bonds is 2. The van der Waals surface area contributed by atoms with Crippen LogP contribution in [0.1, 0.15) is 30.9 Å². The number of amides is 1. The molecule has 2 saturated heterocycles. The molecule has 4 rings (SSSR count). The molecule has 118 valence electrons. The molecule has 3 heterocycles. The predicted octanol–water partition coefficient (Wildman–Crippen LogP) is 1.06. The Kier molecular flexibility index (Phi) is 3.76. The van der Waals surface area contributed by atoms with Crippen molar-refractivity contribution in [3.8, 4) is 5.75 Å². The van der Waals surface area contributed by atoms with E-state index in [1.54, 1.807) is 0 Å². The number of nitrogens with one attached hydrogen (secondary N) is 2. The van der Waals surface area contributed by atoms with Crippen LogP contribution in [0.2, 0.25) is 0 Å². The summed E-state index contributed by atoms with van der Waals surface area (Å²) in [5.74, 6) is 1.02. The second kappa shape index (κ2) is 5.89. The van der Waals surface area contributed by atoms with Crippen LogP contribution in [0.15, 0.2) is 24.3 Å². The molecule has 1 unspecified atom stereocenters. The smallest absolute Gasteiger partial charge is 0.238 e. The molecule has 3 aliphatic rings. The molecule has 0 saturated carbocycles. The highest BCUT2D eigenvalue weighted by molar-refractivity contribution is 5.82. The summed E-state index contributed by atoms with van der Waals surface area (Å²) < 4.78 is 5.66. The summed E-state index contributed by atoms with van der Waals surface area (Å²) in [6.07, 6.45) is 3.35. The molecule has 22 heavy (non-hydrogen) atoms. The number of ether oxygens (including phenoxy) is 1. The van der Waals surface area contributed by atoms with Gasteiger partial charge in [0.1, 0.15) is 5.75 Å². The third-order valence-electron chi connectivity index (χ3n) is 5.11. The molecular formula is C17H23N3O2. The lowest BCUT2D eigenvalue weighted by Gasteiger charge is -2.36. The summed E-state index contributed by atoms with van der Waals surface area (Å²) in [4.78, 5) is 15.1. The van der Waals surface area contributed by atoms with Crippen LogP contribution < -0.4 is 15.4 Å². The van der Waals surface area contributed by atoms with Gasteiger partial charge in [0.2, 0.25) is 5.91 Å². The third kappa shape index (κ3) is 2.59. The van der Waals surface area contributed by atoms with Crippen molar-refractivity contribution in [2.45, 2.75) is 37.4 Å². The number of para-hydroxylation sites is 1. The van der Waals surface area contributed by atoms with Crippen LogP contribution in [0.5, 0.6) is 5.75 Å². The summed E-state index contributed by atoms with van der Waals surface area (Å²) in [6.45, 7) is 3.56. The number of fused-ring (bicyclic) bond motifs is 2. The van der Waals surface area contributed by atoms with Gasteiger partial charge in [-0.05, 0) is 25.5 Å². The number of benzene rings is 1. The number of hydrogen-bond acceptors (Lipinski definition) is 4. The van der Waals surface area contributed by atoms with Gasteiger partial charge in [0.05, 0.1) is 18.7 Å². The van der Waals surface area contributed by atoms with Gasteiger partial charge in [-0.3, -0.25) is 9.69 Å². The zero-order valence-electron chi connectivity index (χ0n) is 12.8. The first-order chi connectivity index (χ1) is 10.8. The van der Waals surface area contributed by atoms with Gasteiger partial charge in [-0.15, -0.1) is 0 Å². The minimum Gasteiger partial charge on any atom is -0.493 e. The molecular weight excluding hydrogens is 278 g/mol. The molecule has 2 fully saturated rings. The highest BCUT2D eigenvalue weighted by atomic mass is 16.5. The summed E-state index contributed by atoms with van der Waals surface area (Å²) in [7, 11) is 0. The topological polar surface area (TPSA) is 53.6 Å². The summed E-state index contributed by atoms with van der Waals surface area (Å²) in [6, 6.07) is 8.60. The molecule has 3 atom stereocenters. The van der Waals surface area contributed by atoms with E-state index in [4.69, 9.17) is 4.74 Å². The van der Waals surface area contributed by atoms with Crippen LogP contribution in [-0.2, 0) is 4.79 Å². The van der Waals surface area contributed by atoms with E-state index in [1.165, 1.54) is 12.8 Å². The summed E-state index contributed by atoms with van der Waals surface area (Å²) in [5, 5.41) is 6.64. The van der Waals surface area contributed by atoms with E-state index in [0.29, 0.717) is 12.6 Å². The molecule has 1 amide bonds. The van der Waals surface area contributed by atoms with Gasteiger partial charge in [0.15, 0.2) is 0 Å². The predicted molar refractivity (Wildman–Crippen MR) is 83.8 cm³/mol. The Labute approximate surface area is 131 Å². The molecule has 5 heteroatoms. The largest absolute Gasteiger partial charge is 0.493 e. The molecule has 0 aromatic heterocycles. The Morgan fingerprint density at radius 1 is 1.32 bits per heavy atom. The van der Waals surface area contributed by atoms with Crippen molar-refractivity contribution in [1.29, 1.82) is 0 Å². The Bertz CT molecular complexity index is 563. The number of carbonyl (C=O) groups is 1. The van der Waals surface area contributed by atoms with Crippen molar-refractivity contribution in [3.05, 3.63) is 29.8 Å². The fourth-order valence-corrected chi connectivity index (χ4v) is 3.88. The van der Waals surface area contributed by atoms with E-state index in [-0.39, 0.29) is 18.0 Å². The average Bonchev–Trinajstić information content (AvgIpc) is 3.02. The normalized spacial score (nSPS) is 31.0. The van der Waals surface area contributed by atoms with Gasteiger partial charge in [-0.2, -0.15) is 0 Å². The fourth-order valence-electron chi connectivity index (χ4n) is 3.88. The fraction of sp³-hybridized carbons (Fsp3) is 0.588. The van der Waals surface area contributed by atoms with Crippen LogP contribution in [0.3, 0.4) is 0 Å². The van der Waals surface area contributed by atoms with E-state index in [0.717, 1.165) is 37.4 Å². The molecule has 0 bridgehead atoms. The molecule has 2 N–H and O–H groups in total. The van der Waals surface area contributed by atoms with Crippen molar-refractivity contribution in [2.24, 2.45) is 0 Å². The van der Waals surface area contributed by atoms with E-state index >= 15 is 0 Å². The van der Waals surface area contributed by atoms with Crippen LogP contribution in [0.4, 0.5) is 0 Å². The number of nitrogens with zero attached hydrogens (tertiary/aromatic N) is 1. The average molecular weight is 301 g/mol. The van der Waals surface area contributed by atoms with Crippen LogP contribution in [0, 0.1) is 0 Å². The summed E-state index contributed by atoms with van der Waals surface area (Å²) in [5.41, 5.74) is 1.09. The van der Waals surface area contributed by atoms with E-state index < -0.39 is 0 Å². The first kappa shape index (κ1) is 14.0. The molecule has 3 aliphatic heterocycles. The Morgan fingerprint density at radius 2 is 2.23 bits per heavy atom. The lowest BCUT2D eigenvalue weighted by atomic mass is 10.00. The van der Waals surface area contributed by atoms with Crippen molar-refractivity contribution in [1.82, 2.24) is 15.5 Å². The molecule has 0 radical (unpaired) electrons. The van der Waals surface area contributed by atoms with Crippen molar-refractivity contribution in [2.75, 3.05) is 26.2 Å². The quantitative estimate of drug-likeness (QED) is 0.858. The van der Waals surface area contributed by atoms with Crippen LogP contribution in [-0.4, -0.2) is 49.1 Å². The van der Waals surface area contributed by atoms with E-state index in [1.807, 2.05) is 24.3 Å². The van der Waals surface area contributed by atoms with Crippen molar-refractivity contribution >= 4 is 5.91 Å². The maximum Gasteiger partial charge on any atom is 0.238 e. The molecule has 0 spiro atoms. The van der Waals surface area contributed by atoms with E-state index in [2.05, 4.69) is 15.5 Å². The summed E-state index contributed by atoms with van der Waals surface area (Å²) >= 11 is 0. The van der Waals surface area contributed by atoms with Crippen LogP contribution >= 0.6 is 0 Å². The lowest BCUT2D eigenvalue weighted by Crippen LogP contribution is -2.59. The van der Waals surface area contributed by atoms with Crippen molar-refractivity contribution < 1.29 is 9.53 Å². The van der Waals surface area contributed by atoms with Gasteiger partial charge in [0, 0.05) is 31.1 Å². The third-order valence-corrected chi connectivity index (χ3v) is 5.11. The zero-order chi connectivity index (χ0) is 14.9. The minimum atomic E-state index is -0.0932. The number of carbonyl (C=O) groups excluding carboxylic acids is 1. The molecule has 1 aromatic carbocycles. The van der Waals surface area contributed by atoms with Gasteiger partial charge in [-0.1, -0.05) is 18.2 Å². The molecule has 0 aliphatic carbocycles. The first-order valence-electron chi connectivity index (χ1n) is 8.31. The highest BCUT2D eigenvalue weighted by Gasteiger charge is 2.35. The second-order valence-electron chi connectivity index (χ2n) is 6.49. The Hall–Kier alpha value is -1.59. The standard InChI is InChI=1S/C17H23N3O2/c21-17(15-11-20-8-3-4-12(20)10-18-15)19-14-7-9-22-16-6-2-1-5-13(14)16/h1-2,5-6,12,14-15,18H,3-4,7-11H2,(H,19,21)/t12-,14-,15?/m1/s1. The van der Waals surface area contributed by atoms with E-state index in [9.17, 15) is 4.79 Å². The maximum atomic E-state index is 12.6. The minimum absolute atomic E-state index is 0.0653. The number of hydrogen-bond donors (Lipinski definition) is 2. The first-order valence-corrected chi connectivity index (χ1v) is 8.31. The Balaban J connectivity index is 1.42. The van der Waals surface area contributed by atoms with Gasteiger partial charge in [-0.25, -0.2) is 0 Å². The number of piperazine rings is 1. The SMILES string of the molecule is O=C(N[C@@H]1CCOc2ccccc21)C1CN2CCC[C@@H]2CN1. The maximum absolute atomic E-state index is 12.6. The molecule has 5 nitrogen and oxygen atoms in total. The second-order valence-corrected chi connectivity index (χ2v) is 6.49. The van der Waals surface area contributed by atoms with Gasteiger partial charge < -0.3 is 15.4 Å². The van der Waals surface area contributed by atoms with Crippen LogP contribution in [0.25, 0.3) is 0 Å². The van der Waals surface area contributed by atoms with Gasteiger partial charge in [0.25, 0.3) is 0 Å². The van der Waals surface area contributed by atoms with Gasteiger partial charge >= 0.3 is 0 Å². The zero-order valence-corrected chi connectivity index (χ0v) is 12.8. The lowest BCUT2D eigenvalue weighted by molar-refractivity contribution is -0.125. The molecule has 1 aromatic rings. The highest BCUT2D eigenvalue weighted by Crippen LogP contribution is 2.31.